The number of nitrogens with two attached hydrogens (primary N) is 5. The minimum Gasteiger partial charge on any atom is -0.481 e. The summed E-state index contributed by atoms with van der Waals surface area (Å²) in [4.78, 5) is 233. The zero-order valence-electron chi connectivity index (χ0n) is 60.2. The van der Waals surface area contributed by atoms with Crippen LogP contribution in [0.25, 0.3) is 0 Å². The number of carboxylic acids is 4. The van der Waals surface area contributed by atoms with Gasteiger partial charge in [0.05, 0.1) is 13.0 Å². The number of nitrogens with one attached hydrogen (secondary N) is 12. The number of carbonyl (C=O) groups is 17. The van der Waals surface area contributed by atoms with Crippen molar-refractivity contribution in [3.05, 3.63) is 35.9 Å². The summed E-state index contributed by atoms with van der Waals surface area (Å²) in [7, 11) is 0. The zero-order chi connectivity index (χ0) is 79.8. The molecule has 13 atom stereocenters. The Kier molecular flexibility index (Phi) is 41.8. The fourth-order valence-electron chi connectivity index (χ4n) is 10.0. The third-order valence-electron chi connectivity index (χ3n) is 16.1. The fraction of sp³-hybridized carbons (Fsp3) is 0.615. The van der Waals surface area contributed by atoms with Crippen LogP contribution in [0.2, 0.25) is 0 Å². The van der Waals surface area contributed by atoms with E-state index in [4.69, 9.17) is 28.7 Å². The number of carboxylic acid groups (broad SMARTS) is 4. The van der Waals surface area contributed by atoms with Crippen molar-refractivity contribution in [2.45, 2.75) is 218 Å². The van der Waals surface area contributed by atoms with Crippen molar-refractivity contribution in [2.24, 2.45) is 56.4 Å². The highest BCUT2D eigenvalue weighted by molar-refractivity contribution is 6.00. The second kappa shape index (κ2) is 47.8. The van der Waals surface area contributed by atoms with E-state index in [1.807, 2.05) is 0 Å². The van der Waals surface area contributed by atoms with E-state index in [1.54, 1.807) is 65.0 Å². The quantitative estimate of drug-likeness (QED) is 0.0164. The highest BCUT2D eigenvalue weighted by atomic mass is 16.4. The van der Waals surface area contributed by atoms with Gasteiger partial charge in [-0.3, -0.25) is 86.7 Å². The third-order valence-corrected chi connectivity index (χ3v) is 16.1. The monoisotopic (exact) mass is 1490 g/mol. The lowest BCUT2D eigenvalue weighted by Gasteiger charge is -2.29. The van der Waals surface area contributed by atoms with Crippen LogP contribution < -0.4 is 92.5 Å². The van der Waals surface area contributed by atoms with Crippen molar-refractivity contribution >= 4 is 113 Å². The number of rotatable bonds is 51. The molecule has 0 spiro atoms. The fourth-order valence-corrected chi connectivity index (χ4v) is 10.0. The van der Waals surface area contributed by atoms with Crippen LogP contribution in [0.15, 0.2) is 40.3 Å². The molecular formula is C65H105N19O21. The molecule has 1 aromatic rings. The lowest BCUT2D eigenvalue weighted by molar-refractivity contribution is -0.143. The summed E-state index contributed by atoms with van der Waals surface area (Å²) >= 11 is 0. The molecule has 13 amide bonds. The summed E-state index contributed by atoms with van der Waals surface area (Å²) in [5.41, 5.74) is 28.1. The lowest BCUT2D eigenvalue weighted by atomic mass is 9.97. The minimum atomic E-state index is -1.99. The van der Waals surface area contributed by atoms with Gasteiger partial charge in [0.2, 0.25) is 76.8 Å². The van der Waals surface area contributed by atoms with Crippen LogP contribution in [0.3, 0.4) is 0 Å². The van der Waals surface area contributed by atoms with Gasteiger partial charge in [0.1, 0.15) is 66.5 Å². The molecule has 0 radical (unpaired) electrons. The summed E-state index contributed by atoms with van der Waals surface area (Å²) in [5, 5.41) is 67.5. The Morgan fingerprint density at radius 1 is 0.419 bits per heavy atom. The van der Waals surface area contributed by atoms with Crippen LogP contribution in [0.1, 0.15) is 151 Å². The Hall–Kier alpha value is -11.3. The summed E-state index contributed by atoms with van der Waals surface area (Å²) in [5.74, 6) is -21.3. The van der Waals surface area contributed by atoms with Gasteiger partial charge in [-0.25, -0.2) is 4.79 Å². The van der Waals surface area contributed by atoms with Crippen LogP contribution >= 0.6 is 0 Å². The van der Waals surface area contributed by atoms with Crippen molar-refractivity contribution in [1.82, 2.24) is 63.8 Å². The van der Waals surface area contributed by atoms with E-state index in [0.717, 1.165) is 0 Å². The number of nitrogens with zero attached hydrogens (tertiary/aromatic N) is 2. The van der Waals surface area contributed by atoms with Crippen LogP contribution in [-0.4, -0.2) is 219 Å². The number of primary amides is 1. The number of aliphatic carboxylic acids is 4. The number of hydrogen-bond acceptors (Lipinski definition) is 19. The van der Waals surface area contributed by atoms with Crippen molar-refractivity contribution in [3.8, 4) is 0 Å². The molecule has 40 heteroatoms. The molecule has 586 valence electrons. The Morgan fingerprint density at radius 3 is 1.21 bits per heavy atom. The molecule has 0 unspecified atom stereocenters. The lowest BCUT2D eigenvalue weighted by Crippen LogP contribution is -2.60. The van der Waals surface area contributed by atoms with Crippen LogP contribution in [0.5, 0.6) is 0 Å². The van der Waals surface area contributed by atoms with Gasteiger partial charge in [-0.05, 0) is 81.6 Å². The minimum absolute atomic E-state index is 0.0109. The maximum absolute atomic E-state index is 14.6. The van der Waals surface area contributed by atoms with Gasteiger partial charge in [-0.2, -0.15) is 0 Å². The molecule has 0 aromatic heterocycles. The molecule has 1 rings (SSSR count). The first kappa shape index (κ1) is 91.8. The second-order valence-corrected chi connectivity index (χ2v) is 25.5. The van der Waals surface area contributed by atoms with Crippen LogP contribution in [0.4, 0.5) is 0 Å². The predicted molar refractivity (Wildman–Crippen MR) is 376 cm³/mol. The summed E-state index contributed by atoms with van der Waals surface area (Å²) in [6.45, 7) is 11.2. The van der Waals surface area contributed by atoms with Crippen molar-refractivity contribution in [1.29, 1.82) is 0 Å². The van der Waals surface area contributed by atoms with Gasteiger partial charge in [0.15, 0.2) is 11.9 Å². The van der Waals surface area contributed by atoms with Crippen molar-refractivity contribution in [3.63, 3.8) is 0 Å². The van der Waals surface area contributed by atoms with Gasteiger partial charge >= 0.3 is 23.9 Å². The largest absolute Gasteiger partial charge is 0.481 e. The van der Waals surface area contributed by atoms with E-state index in [2.05, 4.69) is 73.8 Å². The molecule has 0 saturated heterocycles. The summed E-state index contributed by atoms with van der Waals surface area (Å²) < 4.78 is 0. The van der Waals surface area contributed by atoms with E-state index < -0.39 is 230 Å². The van der Waals surface area contributed by atoms with E-state index in [9.17, 15) is 102 Å². The Labute approximate surface area is 606 Å². The Morgan fingerprint density at radius 2 is 0.810 bits per heavy atom. The van der Waals surface area contributed by atoms with Crippen LogP contribution in [0, 0.1) is 17.8 Å². The molecular weight excluding hydrogens is 1380 g/mol. The van der Waals surface area contributed by atoms with Gasteiger partial charge < -0.3 is 113 Å². The molecule has 40 nitrogen and oxygen atoms in total. The number of carbonyl (C=O) groups excluding carboxylic acids is 13. The second-order valence-electron chi connectivity index (χ2n) is 25.5. The maximum Gasteiger partial charge on any atom is 0.326 e. The first-order chi connectivity index (χ1) is 49.2. The number of aliphatic imine (C=N–C) groups is 2. The Bertz CT molecular complexity index is 3240. The van der Waals surface area contributed by atoms with Crippen LogP contribution in [-0.2, 0) is 87.9 Å². The summed E-state index contributed by atoms with van der Waals surface area (Å²) in [6, 6.07) is -9.34. The molecule has 0 aliphatic rings. The van der Waals surface area contributed by atoms with Crippen molar-refractivity contribution < 1.29 is 102 Å². The molecule has 0 aliphatic carbocycles. The first-order valence-electron chi connectivity index (χ1n) is 34.1. The number of amides is 13. The predicted octanol–water partition coefficient (Wildman–Crippen LogP) is -5.48. The topological polar surface area (TPSA) is 670 Å². The van der Waals surface area contributed by atoms with E-state index in [1.165, 1.54) is 20.8 Å². The normalized spacial score (nSPS) is 14.6. The van der Waals surface area contributed by atoms with E-state index >= 15 is 0 Å². The third kappa shape index (κ3) is 37.5. The Balaban J connectivity index is 3.67. The SMILES string of the molecule is CC[C@H](C)[C@H](NC(C)=O)C(=O)N[C@@H](C)C(=O)N[C@@H](CCC(N)=O)C(=O)N[C@@H](CCC(=O)O)C(=O)N[C@@H](CC(C)C)C(=O)N[C@@H](CCCN=C(N)N)C(=O)N[C@@H](CCCN=C(N)N)C(=O)N[C@H](C(=O)NCC(=O)N[C@@H](CC(=O)O)C(=O)N[C@@H](CCC(=O)O)C(=O)N[C@@H](Cc1ccccc1)C(=O)O)[C@@H](C)CC. The van der Waals surface area contributed by atoms with Gasteiger partial charge in [0, 0.05) is 45.7 Å². The standard InChI is InChI=1S/C65H105N19O21/c1-9-33(5)51(61(102)73-31-47(87)76-44(30-50(92)93)60(101)81-42(22-25-49(90)91)57(98)83-45(63(104)105)29-37-16-12-11-13-17-37)84-58(99)39(19-15-27-72-65(69)70)78-54(95)38(18-14-26-71-64(67)68)79-59(100)43(28-32(3)4)82-56(97)41(21-24-48(88)89)80-55(96)40(20-23-46(66)86)77-53(94)35(7)74-62(103)52(34(6)10-2)75-36(8)85/h11-13,16-17,32-35,38-45,51-52H,9-10,14-15,18-31H2,1-8H3,(H2,66,86)(H,73,102)(H,74,103)(H,75,85)(H,76,87)(H,77,94)(H,78,95)(H,79,100)(H,80,96)(H,81,101)(H,82,97)(H,83,98)(H,84,99)(H,88,89)(H,90,91)(H,92,93)(H,104,105)(H4,67,68,71)(H4,69,70,72)/t33-,34-,35-,38-,39-,40-,41-,42-,43-,44-,45-,51-,52-/m0/s1. The zero-order valence-corrected chi connectivity index (χ0v) is 60.2. The number of benzene rings is 1. The first-order valence-corrected chi connectivity index (χ1v) is 34.1. The van der Waals surface area contributed by atoms with Gasteiger partial charge in [-0.1, -0.05) is 84.7 Å². The highest BCUT2D eigenvalue weighted by Gasteiger charge is 2.38. The molecule has 0 aliphatic heterocycles. The van der Waals surface area contributed by atoms with Crippen molar-refractivity contribution in [2.75, 3.05) is 19.6 Å². The van der Waals surface area contributed by atoms with E-state index in [-0.39, 0.29) is 75.9 Å². The molecule has 0 fully saturated rings. The average molecular weight is 1490 g/mol. The molecule has 105 heavy (non-hydrogen) atoms. The van der Waals surface area contributed by atoms with E-state index in [0.29, 0.717) is 12.0 Å². The number of hydrogen-bond donors (Lipinski definition) is 21. The smallest absolute Gasteiger partial charge is 0.326 e. The maximum atomic E-state index is 14.6. The molecule has 0 bridgehead atoms. The average Bonchev–Trinajstić information content (AvgIpc) is 0.851. The molecule has 1 aromatic carbocycles. The van der Waals surface area contributed by atoms with Gasteiger partial charge in [-0.15, -0.1) is 0 Å². The molecule has 0 saturated carbocycles. The molecule has 26 N–H and O–H groups in total. The molecule has 0 heterocycles. The highest BCUT2D eigenvalue weighted by Crippen LogP contribution is 2.15. The summed E-state index contributed by atoms with van der Waals surface area (Å²) in [6.07, 6.45) is -5.07. The van der Waals surface area contributed by atoms with Gasteiger partial charge in [0.25, 0.3) is 0 Å². The number of guanidine groups is 2.